The fourth-order valence-electron chi connectivity index (χ4n) is 4.40. The second-order valence-corrected chi connectivity index (χ2v) is 8.54. The Balaban J connectivity index is 1.29. The van der Waals surface area contributed by atoms with Crippen molar-refractivity contribution in [1.29, 1.82) is 0 Å². The van der Waals surface area contributed by atoms with Crippen LogP contribution in [0.25, 0.3) is 0 Å². The first-order valence-electron chi connectivity index (χ1n) is 7.80. The molecule has 1 saturated carbocycles. The van der Waals surface area contributed by atoms with E-state index in [1.165, 1.54) is 42.6 Å². The van der Waals surface area contributed by atoms with E-state index in [4.69, 9.17) is 11.6 Å². The van der Waals surface area contributed by atoms with Gasteiger partial charge in [0.15, 0.2) is 0 Å². The molecule has 3 saturated heterocycles. The predicted molar refractivity (Wildman–Crippen MR) is 94.0 cm³/mol. The number of thioether (sulfide) groups is 1. The third-order valence-corrected chi connectivity index (χ3v) is 7.08. The molecule has 3 aliphatic heterocycles. The normalized spacial score (nSPS) is 31.8. The van der Waals surface area contributed by atoms with Crippen molar-refractivity contribution in [3.8, 4) is 11.8 Å². The molecule has 24 heavy (non-hydrogen) atoms. The van der Waals surface area contributed by atoms with Crippen molar-refractivity contribution in [2.24, 2.45) is 11.8 Å². The van der Waals surface area contributed by atoms with E-state index in [0.29, 0.717) is 21.8 Å². The number of rotatable bonds is 3. The first-order valence-corrected chi connectivity index (χ1v) is 9.89. The summed E-state index contributed by atoms with van der Waals surface area (Å²) in [5.41, 5.74) is 2.09. The molecule has 0 amide bonds. The summed E-state index contributed by atoms with van der Waals surface area (Å²) in [7, 11) is 0. The highest BCUT2D eigenvalue weighted by Crippen LogP contribution is 2.69. The molecule has 6 rings (SSSR count). The van der Waals surface area contributed by atoms with Gasteiger partial charge in [-0.2, -0.15) is 8.75 Å². The third-order valence-electron chi connectivity index (χ3n) is 5.37. The molecule has 2 unspecified atom stereocenters. The van der Waals surface area contributed by atoms with Crippen LogP contribution in [0.15, 0.2) is 23.2 Å². The minimum atomic E-state index is -0.362. The Morgan fingerprint density at radius 1 is 1.33 bits per heavy atom. The lowest BCUT2D eigenvalue weighted by atomic mass is 10.0. The fourth-order valence-corrected chi connectivity index (χ4v) is 6.19. The second kappa shape index (κ2) is 5.43. The molecular formula is C17H13ClFN3S2. The van der Waals surface area contributed by atoms with Crippen LogP contribution in [0.5, 0.6) is 0 Å². The SMILES string of the molecule is Fc1cc(Cl)cc(C#CCSc2nsnc2C23CN4CC2C3C4)c1. The summed E-state index contributed by atoms with van der Waals surface area (Å²) in [5.74, 6) is 7.88. The van der Waals surface area contributed by atoms with Crippen LogP contribution in [-0.2, 0) is 5.41 Å². The van der Waals surface area contributed by atoms with E-state index >= 15 is 0 Å². The molecule has 2 aromatic rings. The van der Waals surface area contributed by atoms with Crippen LogP contribution in [0.2, 0.25) is 5.02 Å². The van der Waals surface area contributed by atoms with Crippen LogP contribution in [0.1, 0.15) is 11.3 Å². The average molecular weight is 378 g/mol. The molecule has 0 radical (unpaired) electrons. The zero-order chi connectivity index (χ0) is 16.3. The van der Waals surface area contributed by atoms with E-state index in [9.17, 15) is 4.39 Å². The van der Waals surface area contributed by atoms with E-state index in [1.807, 2.05) is 0 Å². The van der Waals surface area contributed by atoms with Gasteiger partial charge in [-0.25, -0.2) is 4.39 Å². The number of hydrogen-bond acceptors (Lipinski definition) is 5. The average Bonchev–Trinajstić information content (AvgIpc) is 3.12. The topological polar surface area (TPSA) is 29.0 Å². The quantitative estimate of drug-likeness (QED) is 0.606. The van der Waals surface area contributed by atoms with Crippen molar-refractivity contribution in [1.82, 2.24) is 13.6 Å². The monoisotopic (exact) mass is 377 g/mol. The molecule has 0 spiro atoms. The van der Waals surface area contributed by atoms with Gasteiger partial charge >= 0.3 is 0 Å². The third kappa shape index (κ3) is 2.22. The summed E-state index contributed by atoms with van der Waals surface area (Å²) in [5, 5.41) is 1.40. The van der Waals surface area contributed by atoms with Crippen LogP contribution < -0.4 is 0 Å². The molecule has 4 heterocycles. The van der Waals surface area contributed by atoms with Gasteiger partial charge in [0, 0.05) is 35.6 Å². The number of piperidine rings is 3. The number of halogens is 2. The Hall–Kier alpha value is -1.13. The summed E-state index contributed by atoms with van der Waals surface area (Å²) < 4.78 is 22.4. The van der Waals surface area contributed by atoms with Gasteiger partial charge in [-0.1, -0.05) is 35.2 Å². The van der Waals surface area contributed by atoms with E-state index < -0.39 is 0 Å². The van der Waals surface area contributed by atoms with Gasteiger partial charge in [0.2, 0.25) is 0 Å². The molecule has 7 heteroatoms. The molecule has 1 aromatic heterocycles. The van der Waals surface area contributed by atoms with Gasteiger partial charge in [0.25, 0.3) is 0 Å². The zero-order valence-electron chi connectivity index (χ0n) is 12.6. The van der Waals surface area contributed by atoms with Crippen molar-refractivity contribution >= 4 is 35.1 Å². The van der Waals surface area contributed by atoms with Gasteiger partial charge in [0.05, 0.1) is 23.2 Å². The van der Waals surface area contributed by atoms with Crippen molar-refractivity contribution in [3.05, 3.63) is 40.3 Å². The zero-order valence-corrected chi connectivity index (χ0v) is 15.0. The van der Waals surface area contributed by atoms with E-state index in [0.717, 1.165) is 23.4 Å². The summed E-state index contributed by atoms with van der Waals surface area (Å²) in [6, 6.07) is 4.35. The van der Waals surface area contributed by atoms with Crippen LogP contribution in [0.4, 0.5) is 4.39 Å². The Morgan fingerprint density at radius 3 is 2.88 bits per heavy atom. The van der Waals surface area contributed by atoms with Crippen molar-refractivity contribution in [2.75, 3.05) is 25.4 Å². The Morgan fingerprint density at radius 2 is 2.17 bits per heavy atom. The number of benzene rings is 1. The summed E-state index contributed by atoms with van der Waals surface area (Å²) >= 11 is 8.78. The van der Waals surface area contributed by atoms with E-state index in [1.54, 1.807) is 17.8 Å². The Kier molecular flexibility index (Phi) is 3.43. The second-order valence-electron chi connectivity index (χ2n) is 6.61. The maximum Gasteiger partial charge on any atom is 0.135 e. The minimum absolute atomic E-state index is 0.291. The number of aromatic nitrogens is 2. The molecule has 4 fully saturated rings. The lowest BCUT2D eigenvalue weighted by molar-refractivity contribution is 0.405. The highest BCUT2D eigenvalue weighted by atomic mass is 35.5. The molecule has 4 aliphatic rings. The summed E-state index contributed by atoms with van der Waals surface area (Å²) in [4.78, 5) is 2.54. The number of hydrogen-bond donors (Lipinski definition) is 0. The van der Waals surface area contributed by atoms with Gasteiger partial charge in [-0.3, -0.25) is 0 Å². The lowest BCUT2D eigenvalue weighted by Crippen LogP contribution is -2.16. The molecule has 1 aromatic carbocycles. The highest BCUT2D eigenvalue weighted by Gasteiger charge is 2.76. The Labute approximate surface area is 152 Å². The van der Waals surface area contributed by atoms with E-state index in [2.05, 4.69) is 25.5 Å². The maximum absolute atomic E-state index is 13.3. The molecule has 3 nitrogen and oxygen atoms in total. The maximum atomic E-state index is 13.3. The summed E-state index contributed by atoms with van der Waals surface area (Å²) in [6.07, 6.45) is 0. The molecule has 2 atom stereocenters. The first-order chi connectivity index (χ1) is 11.7. The molecule has 1 aliphatic carbocycles. The van der Waals surface area contributed by atoms with Crippen LogP contribution in [0, 0.1) is 29.5 Å². The van der Waals surface area contributed by atoms with Gasteiger partial charge in [-0.15, -0.1) is 0 Å². The summed E-state index contributed by atoms with van der Waals surface area (Å²) in [6.45, 7) is 3.60. The minimum Gasteiger partial charge on any atom is -0.302 e. The smallest absolute Gasteiger partial charge is 0.135 e. The van der Waals surface area contributed by atoms with Crippen LogP contribution in [-0.4, -0.2) is 39.0 Å². The fraction of sp³-hybridized carbons (Fsp3) is 0.412. The first kappa shape index (κ1) is 15.2. The lowest BCUT2D eigenvalue weighted by Gasteiger charge is -2.08. The molecule has 4 bridgehead atoms. The van der Waals surface area contributed by atoms with Gasteiger partial charge in [-0.05, 0) is 30.0 Å². The standard InChI is InChI=1S/C17H13ClFN3S2/c18-11-4-10(5-12(19)6-11)2-1-3-23-16-15(20-24-21-16)17-9-22-7-13(17)14(17)8-22/h4-6,13-14H,3,7-9H2. The van der Waals surface area contributed by atoms with Crippen molar-refractivity contribution < 1.29 is 4.39 Å². The van der Waals surface area contributed by atoms with Crippen molar-refractivity contribution in [3.63, 3.8) is 0 Å². The number of nitrogens with zero attached hydrogens (tertiary/aromatic N) is 3. The largest absolute Gasteiger partial charge is 0.302 e. The van der Waals surface area contributed by atoms with Crippen LogP contribution >= 0.6 is 35.1 Å². The van der Waals surface area contributed by atoms with Gasteiger partial charge in [0.1, 0.15) is 10.8 Å². The Bertz CT molecular complexity index is 855. The molecule has 122 valence electrons. The highest BCUT2D eigenvalue weighted by molar-refractivity contribution is 7.99. The van der Waals surface area contributed by atoms with Crippen molar-refractivity contribution in [2.45, 2.75) is 10.4 Å². The predicted octanol–water partition coefficient (Wildman–Crippen LogP) is 3.29. The van der Waals surface area contributed by atoms with E-state index in [-0.39, 0.29) is 5.82 Å². The molecular weight excluding hydrogens is 365 g/mol. The van der Waals surface area contributed by atoms with Crippen LogP contribution in [0.3, 0.4) is 0 Å². The van der Waals surface area contributed by atoms with Gasteiger partial charge < -0.3 is 4.90 Å². The molecule has 0 N–H and O–H groups in total.